The average Bonchev–Trinajstić information content (AvgIpc) is 3.03. The van der Waals surface area contributed by atoms with Crippen LogP contribution in [0.5, 0.6) is 0 Å². The lowest BCUT2D eigenvalue weighted by Gasteiger charge is -2.04. The van der Waals surface area contributed by atoms with Gasteiger partial charge in [-0.3, -0.25) is 20.2 Å². The Morgan fingerprint density at radius 3 is 2.72 bits per heavy atom. The van der Waals surface area contributed by atoms with Crippen molar-refractivity contribution < 1.29 is 14.1 Å². The monoisotopic (exact) mass is 378 g/mol. The van der Waals surface area contributed by atoms with Crippen LogP contribution in [-0.2, 0) is 0 Å². The minimum absolute atomic E-state index is 0.0269. The first kappa shape index (κ1) is 16.9. The maximum atomic E-state index is 13.8. The molecule has 0 saturated heterocycles. The van der Waals surface area contributed by atoms with Crippen LogP contribution in [0, 0.1) is 15.9 Å². The topological polar surface area (TPSA) is 98.0 Å². The lowest BCUT2D eigenvalue weighted by Crippen LogP contribution is -2.14. The van der Waals surface area contributed by atoms with Gasteiger partial charge in [0.25, 0.3) is 11.6 Å². The van der Waals surface area contributed by atoms with Crippen LogP contribution >= 0.6 is 22.9 Å². The maximum absolute atomic E-state index is 13.8. The predicted octanol–water partition coefficient (Wildman–Crippen LogP) is 4.16. The molecule has 0 radical (unpaired) electrons. The molecule has 1 N–H and O–H groups in total. The molecule has 0 saturated carbocycles. The van der Waals surface area contributed by atoms with Crippen molar-refractivity contribution in [1.82, 2.24) is 10.2 Å². The van der Waals surface area contributed by atoms with Gasteiger partial charge in [0.15, 0.2) is 0 Å². The zero-order valence-corrected chi connectivity index (χ0v) is 13.8. The molecule has 2 aromatic carbocycles. The molecule has 0 unspecified atom stereocenters. The van der Waals surface area contributed by atoms with Crippen LogP contribution in [0.4, 0.5) is 15.2 Å². The van der Waals surface area contributed by atoms with Crippen LogP contribution in [0.3, 0.4) is 0 Å². The number of anilines is 1. The van der Waals surface area contributed by atoms with Gasteiger partial charge in [-0.05, 0) is 12.1 Å². The number of hydrogen-bond acceptors (Lipinski definition) is 6. The van der Waals surface area contributed by atoms with Crippen molar-refractivity contribution in [1.29, 1.82) is 0 Å². The van der Waals surface area contributed by atoms with E-state index in [0.29, 0.717) is 10.6 Å². The number of halogens is 2. The number of aromatic nitrogens is 2. The van der Waals surface area contributed by atoms with Crippen molar-refractivity contribution in [2.75, 3.05) is 5.32 Å². The summed E-state index contributed by atoms with van der Waals surface area (Å²) in [5.41, 5.74) is 0.101. The molecule has 0 bridgehead atoms. The third-order valence-corrected chi connectivity index (χ3v) is 4.34. The summed E-state index contributed by atoms with van der Waals surface area (Å²) in [5, 5.41) is 21.4. The largest absolute Gasteiger partial charge is 0.296 e. The SMILES string of the molecule is O=C(Nc1nnc(-c2cccc([N+](=O)[O-])c2)s1)c1c(F)cccc1Cl. The standard InChI is InChI=1S/C15H8ClFN4O3S/c16-10-5-2-6-11(17)12(10)13(22)18-15-20-19-14(25-15)8-3-1-4-9(7-8)21(23)24/h1-7H,(H,18,20,22). The zero-order chi connectivity index (χ0) is 18.0. The summed E-state index contributed by atoms with van der Waals surface area (Å²) in [6.45, 7) is 0. The number of carbonyl (C=O) groups excluding carboxylic acids is 1. The second kappa shape index (κ2) is 6.91. The lowest BCUT2D eigenvalue weighted by molar-refractivity contribution is -0.384. The van der Waals surface area contributed by atoms with Crippen molar-refractivity contribution in [3.8, 4) is 10.6 Å². The molecule has 126 valence electrons. The third kappa shape index (κ3) is 3.62. The van der Waals surface area contributed by atoms with Gasteiger partial charge < -0.3 is 0 Å². The van der Waals surface area contributed by atoms with Gasteiger partial charge in [0.05, 0.1) is 15.5 Å². The Morgan fingerprint density at radius 1 is 1.24 bits per heavy atom. The maximum Gasteiger partial charge on any atom is 0.270 e. The van der Waals surface area contributed by atoms with Crippen LogP contribution in [0.15, 0.2) is 42.5 Å². The summed E-state index contributed by atoms with van der Waals surface area (Å²) >= 11 is 6.84. The van der Waals surface area contributed by atoms with Crippen molar-refractivity contribution in [3.63, 3.8) is 0 Å². The molecular formula is C15H8ClFN4O3S. The Morgan fingerprint density at radius 2 is 2.00 bits per heavy atom. The van der Waals surface area contributed by atoms with Gasteiger partial charge in [-0.2, -0.15) is 0 Å². The molecule has 0 aliphatic rings. The van der Waals surface area contributed by atoms with Crippen LogP contribution in [0.25, 0.3) is 10.6 Å². The third-order valence-electron chi connectivity index (χ3n) is 3.14. The Kier molecular flexibility index (Phi) is 4.68. The summed E-state index contributed by atoms with van der Waals surface area (Å²) in [5.74, 6) is -1.52. The van der Waals surface area contributed by atoms with Crippen molar-refractivity contribution in [2.45, 2.75) is 0 Å². The van der Waals surface area contributed by atoms with Crippen LogP contribution in [-0.4, -0.2) is 21.0 Å². The Labute approximate surface area is 149 Å². The van der Waals surface area contributed by atoms with E-state index in [1.807, 2.05) is 0 Å². The number of non-ortho nitro benzene ring substituents is 1. The molecule has 0 atom stereocenters. The molecule has 0 spiro atoms. The minimum atomic E-state index is -0.759. The fourth-order valence-corrected chi connectivity index (χ4v) is 3.00. The van der Waals surface area contributed by atoms with Gasteiger partial charge in [-0.15, -0.1) is 10.2 Å². The molecular weight excluding hydrogens is 371 g/mol. The van der Waals surface area contributed by atoms with Crippen LogP contribution in [0.2, 0.25) is 5.02 Å². The highest BCUT2D eigenvalue weighted by Gasteiger charge is 2.18. The van der Waals surface area contributed by atoms with E-state index in [1.165, 1.54) is 30.3 Å². The van der Waals surface area contributed by atoms with Crippen molar-refractivity contribution in [3.05, 3.63) is 69.0 Å². The van der Waals surface area contributed by atoms with E-state index in [9.17, 15) is 19.3 Å². The first-order valence-corrected chi connectivity index (χ1v) is 7.99. The second-order valence-corrected chi connectivity index (χ2v) is 6.16. The minimum Gasteiger partial charge on any atom is -0.296 e. The van der Waals surface area contributed by atoms with Gasteiger partial charge in [0.2, 0.25) is 5.13 Å². The number of carbonyl (C=O) groups is 1. The van der Waals surface area contributed by atoms with E-state index in [1.54, 1.807) is 6.07 Å². The predicted molar refractivity (Wildman–Crippen MR) is 91.4 cm³/mol. The number of nitro benzene ring substituents is 1. The number of hydrogen-bond donors (Lipinski definition) is 1. The van der Waals surface area contributed by atoms with Crippen molar-refractivity contribution >= 4 is 39.7 Å². The van der Waals surface area contributed by atoms with Crippen molar-refractivity contribution in [2.24, 2.45) is 0 Å². The molecule has 0 aliphatic heterocycles. The van der Waals surface area contributed by atoms with Gasteiger partial charge in [0, 0.05) is 17.7 Å². The number of rotatable bonds is 4. The molecule has 1 amide bonds. The van der Waals surface area contributed by atoms with Crippen LogP contribution < -0.4 is 5.32 Å². The molecule has 25 heavy (non-hydrogen) atoms. The summed E-state index contributed by atoms with van der Waals surface area (Å²) in [7, 11) is 0. The fraction of sp³-hybridized carbons (Fsp3) is 0. The number of amides is 1. The number of nitro groups is 1. The molecule has 10 heteroatoms. The number of nitrogens with zero attached hydrogens (tertiary/aromatic N) is 3. The first-order chi connectivity index (χ1) is 12.0. The lowest BCUT2D eigenvalue weighted by atomic mass is 10.2. The molecule has 7 nitrogen and oxygen atoms in total. The summed E-state index contributed by atoms with van der Waals surface area (Å²) in [6.07, 6.45) is 0. The Hall–Kier alpha value is -2.91. The highest BCUT2D eigenvalue weighted by atomic mass is 35.5. The van der Waals surface area contributed by atoms with E-state index in [-0.39, 0.29) is 21.4 Å². The number of nitrogens with one attached hydrogen (secondary N) is 1. The average molecular weight is 379 g/mol. The summed E-state index contributed by atoms with van der Waals surface area (Å²) < 4.78 is 13.8. The normalized spacial score (nSPS) is 10.5. The molecule has 0 fully saturated rings. The summed E-state index contributed by atoms with van der Waals surface area (Å²) in [4.78, 5) is 22.5. The highest BCUT2D eigenvalue weighted by molar-refractivity contribution is 7.18. The van der Waals surface area contributed by atoms with Crippen LogP contribution in [0.1, 0.15) is 10.4 Å². The molecule has 0 aliphatic carbocycles. The first-order valence-electron chi connectivity index (χ1n) is 6.79. The fourth-order valence-electron chi connectivity index (χ4n) is 2.02. The quantitative estimate of drug-likeness (QED) is 0.543. The molecule has 1 aromatic heterocycles. The van der Waals surface area contributed by atoms with Gasteiger partial charge >= 0.3 is 0 Å². The smallest absolute Gasteiger partial charge is 0.270 e. The van der Waals surface area contributed by atoms with E-state index < -0.39 is 16.6 Å². The second-order valence-electron chi connectivity index (χ2n) is 4.77. The molecule has 3 aromatic rings. The van der Waals surface area contributed by atoms with E-state index in [0.717, 1.165) is 17.4 Å². The number of benzene rings is 2. The van der Waals surface area contributed by atoms with E-state index >= 15 is 0 Å². The molecule has 3 rings (SSSR count). The Bertz CT molecular complexity index is 959. The molecule has 1 heterocycles. The van der Waals surface area contributed by atoms with Gasteiger partial charge in [-0.1, -0.05) is 41.1 Å². The van der Waals surface area contributed by atoms with Gasteiger partial charge in [-0.25, -0.2) is 4.39 Å². The zero-order valence-electron chi connectivity index (χ0n) is 12.3. The summed E-state index contributed by atoms with van der Waals surface area (Å²) in [6, 6.07) is 9.76. The van der Waals surface area contributed by atoms with E-state index in [4.69, 9.17) is 11.6 Å². The highest BCUT2D eigenvalue weighted by Crippen LogP contribution is 2.29. The van der Waals surface area contributed by atoms with E-state index in [2.05, 4.69) is 15.5 Å². The van der Waals surface area contributed by atoms with Gasteiger partial charge in [0.1, 0.15) is 10.8 Å². The Balaban J connectivity index is 1.84.